The molecule has 39 heavy (non-hydrogen) atoms. The summed E-state index contributed by atoms with van der Waals surface area (Å²) in [6.45, 7) is 5.04. The highest BCUT2D eigenvalue weighted by atomic mass is 16.5. The number of ether oxygens (including phenoxy) is 1. The van der Waals surface area contributed by atoms with Crippen molar-refractivity contribution in [1.82, 2.24) is 9.97 Å². The van der Waals surface area contributed by atoms with Gasteiger partial charge in [-0.2, -0.15) is 0 Å². The number of aromatic nitrogens is 2. The quantitative estimate of drug-likeness (QED) is 0.214. The number of H-pyrrole nitrogens is 1. The van der Waals surface area contributed by atoms with E-state index >= 15 is 0 Å². The van der Waals surface area contributed by atoms with Crippen LogP contribution in [0.4, 0.5) is 11.4 Å². The number of hydrogen-bond donors (Lipinski definition) is 4. The van der Waals surface area contributed by atoms with Gasteiger partial charge in [0.15, 0.2) is 11.5 Å². The number of benzene rings is 3. The lowest BCUT2D eigenvalue weighted by molar-refractivity contribution is -0.135. The number of aliphatic hydroxyl groups excluding tert-OH is 1. The maximum absolute atomic E-state index is 11.3. The van der Waals surface area contributed by atoms with Gasteiger partial charge in [-0.05, 0) is 50.2 Å². The molecule has 0 aliphatic heterocycles. The van der Waals surface area contributed by atoms with Crippen LogP contribution < -0.4 is 14.5 Å². The fraction of sp³-hybridized carbons (Fsp3) is 0.267. The van der Waals surface area contributed by atoms with E-state index in [9.17, 15) is 20.1 Å². The predicted molar refractivity (Wildman–Crippen MR) is 154 cm³/mol. The predicted octanol–water partition coefficient (Wildman–Crippen LogP) is 4.98. The molecule has 9 heteroatoms. The standard InChI is InChI=1S/C30H34N4O5/c1-5-33(3)23-11-7-19(8-12-23)27-28(20-9-13-24(14-10-20)34(6-2)17-26(36)37)32-30(31-27)21-15-22(18-35)29(38)25(16-21)39-4/h7-16,35,38H,5-6,17-18H2,1-4H3,(H,31,32)(H,36,37). The Morgan fingerprint density at radius 2 is 1.59 bits per heavy atom. The number of carboxylic acid groups (broad SMARTS) is 1. The molecule has 0 saturated heterocycles. The van der Waals surface area contributed by atoms with Crippen LogP contribution in [0.5, 0.6) is 11.5 Å². The molecule has 0 bridgehead atoms. The maximum atomic E-state index is 11.3. The second-order valence-electron chi connectivity index (χ2n) is 9.17. The number of nitrogens with zero attached hydrogens (tertiary/aromatic N) is 3. The normalized spacial score (nSPS) is 10.9. The van der Waals surface area contributed by atoms with Crippen molar-refractivity contribution in [3.8, 4) is 45.4 Å². The molecule has 0 unspecified atom stereocenters. The SMILES string of the molecule is CCN(C)c1ccc(-c2nc(-c3cc(CO)c(O)c(OC)c3)[nH]c2-c2ccc(N(CC)CC(=O)O)cc2)cc1. The molecule has 0 aliphatic rings. The highest BCUT2D eigenvalue weighted by molar-refractivity contribution is 5.83. The third-order valence-electron chi connectivity index (χ3n) is 6.81. The van der Waals surface area contributed by atoms with Gasteiger partial charge in [-0.1, -0.05) is 24.3 Å². The molecule has 4 N–H and O–H groups in total. The molecule has 0 aliphatic carbocycles. The molecule has 4 aromatic rings. The van der Waals surface area contributed by atoms with Crippen molar-refractivity contribution in [2.45, 2.75) is 20.5 Å². The van der Waals surface area contributed by atoms with Crippen molar-refractivity contribution in [3.63, 3.8) is 0 Å². The van der Waals surface area contributed by atoms with Gasteiger partial charge in [-0.15, -0.1) is 0 Å². The number of hydrogen-bond acceptors (Lipinski definition) is 7. The smallest absolute Gasteiger partial charge is 0.323 e. The van der Waals surface area contributed by atoms with Crippen molar-refractivity contribution in [3.05, 3.63) is 66.2 Å². The van der Waals surface area contributed by atoms with Gasteiger partial charge in [0, 0.05) is 53.8 Å². The van der Waals surface area contributed by atoms with Gasteiger partial charge in [-0.25, -0.2) is 4.98 Å². The molecular weight excluding hydrogens is 496 g/mol. The fourth-order valence-corrected chi connectivity index (χ4v) is 4.45. The number of likely N-dealkylation sites (N-methyl/N-ethyl adjacent to an activating group) is 1. The van der Waals surface area contributed by atoms with Crippen molar-refractivity contribution in [1.29, 1.82) is 0 Å². The summed E-state index contributed by atoms with van der Waals surface area (Å²) in [6.07, 6.45) is 0. The molecule has 0 saturated carbocycles. The van der Waals surface area contributed by atoms with Crippen molar-refractivity contribution in [2.75, 3.05) is 43.6 Å². The van der Waals surface area contributed by atoms with E-state index in [1.165, 1.54) is 7.11 Å². The minimum atomic E-state index is -0.884. The van der Waals surface area contributed by atoms with E-state index in [1.807, 2.05) is 50.4 Å². The van der Waals surface area contributed by atoms with Crippen LogP contribution in [0.1, 0.15) is 19.4 Å². The molecule has 0 atom stereocenters. The van der Waals surface area contributed by atoms with Crippen LogP contribution >= 0.6 is 0 Å². The Morgan fingerprint density at radius 3 is 2.15 bits per heavy atom. The fourth-order valence-electron chi connectivity index (χ4n) is 4.45. The number of methoxy groups -OCH3 is 1. The minimum Gasteiger partial charge on any atom is -0.504 e. The van der Waals surface area contributed by atoms with Crippen LogP contribution in [0.2, 0.25) is 0 Å². The van der Waals surface area contributed by atoms with Gasteiger partial charge in [0.25, 0.3) is 0 Å². The van der Waals surface area contributed by atoms with Gasteiger partial charge < -0.3 is 34.8 Å². The number of phenols is 1. The lowest BCUT2D eigenvalue weighted by Gasteiger charge is -2.21. The molecule has 9 nitrogen and oxygen atoms in total. The molecule has 0 spiro atoms. The molecule has 204 valence electrons. The van der Waals surface area contributed by atoms with Crippen LogP contribution in [0.3, 0.4) is 0 Å². The average Bonchev–Trinajstić information content (AvgIpc) is 3.41. The zero-order chi connectivity index (χ0) is 28.1. The summed E-state index contributed by atoms with van der Waals surface area (Å²) in [5.41, 5.74) is 6.20. The molecular formula is C30H34N4O5. The second-order valence-corrected chi connectivity index (χ2v) is 9.17. The monoisotopic (exact) mass is 530 g/mol. The number of anilines is 2. The first-order chi connectivity index (χ1) is 18.8. The molecule has 0 radical (unpaired) electrons. The van der Waals surface area contributed by atoms with Gasteiger partial charge in [-0.3, -0.25) is 4.79 Å². The number of carbonyl (C=O) groups is 1. The first kappa shape index (κ1) is 27.5. The maximum Gasteiger partial charge on any atom is 0.323 e. The highest BCUT2D eigenvalue weighted by Gasteiger charge is 2.19. The second kappa shape index (κ2) is 11.9. The Bertz CT molecular complexity index is 1410. The summed E-state index contributed by atoms with van der Waals surface area (Å²) >= 11 is 0. The largest absolute Gasteiger partial charge is 0.504 e. The van der Waals surface area contributed by atoms with E-state index in [0.29, 0.717) is 23.5 Å². The van der Waals surface area contributed by atoms with Crippen LogP contribution in [0.15, 0.2) is 60.7 Å². The zero-order valence-electron chi connectivity index (χ0n) is 22.6. The lowest BCUT2D eigenvalue weighted by atomic mass is 10.0. The van der Waals surface area contributed by atoms with E-state index in [2.05, 4.69) is 28.9 Å². The molecule has 1 aromatic heterocycles. The average molecular weight is 531 g/mol. The molecule has 0 amide bonds. The first-order valence-electron chi connectivity index (χ1n) is 12.8. The Morgan fingerprint density at radius 1 is 0.949 bits per heavy atom. The molecule has 4 rings (SSSR count). The number of imidazole rings is 1. The van der Waals surface area contributed by atoms with E-state index in [0.717, 1.165) is 40.4 Å². The Kier molecular flexibility index (Phi) is 8.41. The molecule has 1 heterocycles. The summed E-state index contributed by atoms with van der Waals surface area (Å²) in [6, 6.07) is 19.2. The number of aromatic amines is 1. The summed E-state index contributed by atoms with van der Waals surface area (Å²) in [7, 11) is 3.49. The van der Waals surface area contributed by atoms with Gasteiger partial charge in [0.05, 0.1) is 25.1 Å². The number of aliphatic hydroxyl groups is 1. The third-order valence-corrected chi connectivity index (χ3v) is 6.81. The van der Waals surface area contributed by atoms with Gasteiger partial charge in [0.2, 0.25) is 0 Å². The first-order valence-corrected chi connectivity index (χ1v) is 12.8. The van der Waals surface area contributed by atoms with Crippen LogP contribution in [0, 0.1) is 0 Å². The van der Waals surface area contributed by atoms with E-state index in [4.69, 9.17) is 9.72 Å². The Balaban J connectivity index is 1.83. The van der Waals surface area contributed by atoms with E-state index in [-0.39, 0.29) is 24.7 Å². The lowest BCUT2D eigenvalue weighted by Crippen LogP contribution is -2.29. The Hall–Kier alpha value is -4.50. The highest BCUT2D eigenvalue weighted by Crippen LogP contribution is 2.38. The number of aliphatic carboxylic acids is 1. The zero-order valence-corrected chi connectivity index (χ0v) is 22.6. The van der Waals surface area contributed by atoms with Gasteiger partial charge in [0.1, 0.15) is 12.4 Å². The topological polar surface area (TPSA) is 122 Å². The van der Waals surface area contributed by atoms with E-state index < -0.39 is 5.97 Å². The number of nitrogens with one attached hydrogen (secondary N) is 1. The summed E-state index contributed by atoms with van der Waals surface area (Å²) in [4.78, 5) is 23.6. The van der Waals surface area contributed by atoms with Crippen molar-refractivity contribution < 1.29 is 24.9 Å². The summed E-state index contributed by atoms with van der Waals surface area (Å²) in [5, 5.41) is 29.4. The Labute approximate surface area is 227 Å². The van der Waals surface area contributed by atoms with Crippen LogP contribution in [-0.4, -0.2) is 65.0 Å². The van der Waals surface area contributed by atoms with Crippen molar-refractivity contribution in [2.24, 2.45) is 0 Å². The number of rotatable bonds is 11. The number of carboxylic acids is 1. The summed E-state index contributed by atoms with van der Waals surface area (Å²) in [5.74, 6) is -0.202. The van der Waals surface area contributed by atoms with Crippen LogP contribution in [-0.2, 0) is 11.4 Å². The molecule has 0 fully saturated rings. The van der Waals surface area contributed by atoms with Crippen LogP contribution in [0.25, 0.3) is 33.9 Å². The number of aromatic hydroxyl groups is 1. The minimum absolute atomic E-state index is 0.0796. The van der Waals surface area contributed by atoms with E-state index in [1.54, 1.807) is 17.0 Å². The van der Waals surface area contributed by atoms with Gasteiger partial charge >= 0.3 is 5.97 Å². The van der Waals surface area contributed by atoms with Crippen molar-refractivity contribution >= 4 is 17.3 Å². The third kappa shape index (κ3) is 5.83. The summed E-state index contributed by atoms with van der Waals surface area (Å²) < 4.78 is 5.32. The molecule has 3 aromatic carbocycles.